The van der Waals surface area contributed by atoms with Gasteiger partial charge in [-0.1, -0.05) is 0 Å². The molecule has 0 aliphatic carbocycles. The molecule has 0 aliphatic heterocycles. The molecule has 0 unspecified atom stereocenters. The molecule has 0 aromatic heterocycles. The first-order valence-electron chi connectivity index (χ1n) is 5.66. The molecular formula is C13H20N2O2. The second-order valence-electron chi connectivity index (χ2n) is 5.04. The largest absolute Gasteiger partial charge is 0.508 e. The summed E-state index contributed by atoms with van der Waals surface area (Å²) >= 11 is 0. The SMILES string of the molecule is Cc1cc(NC(=O)CCC(C)(C)N)ccc1O. The van der Waals surface area contributed by atoms with E-state index in [9.17, 15) is 9.90 Å². The number of nitrogens with one attached hydrogen (secondary N) is 1. The van der Waals surface area contributed by atoms with E-state index in [1.807, 2.05) is 13.8 Å². The van der Waals surface area contributed by atoms with Crippen molar-refractivity contribution in [2.24, 2.45) is 5.73 Å². The van der Waals surface area contributed by atoms with E-state index in [2.05, 4.69) is 5.32 Å². The van der Waals surface area contributed by atoms with E-state index in [1.54, 1.807) is 25.1 Å². The van der Waals surface area contributed by atoms with E-state index in [-0.39, 0.29) is 17.2 Å². The van der Waals surface area contributed by atoms with Gasteiger partial charge in [0.15, 0.2) is 0 Å². The van der Waals surface area contributed by atoms with E-state index in [1.165, 1.54) is 0 Å². The minimum absolute atomic E-state index is 0.0615. The van der Waals surface area contributed by atoms with Crippen molar-refractivity contribution in [2.75, 3.05) is 5.32 Å². The Balaban J connectivity index is 2.54. The van der Waals surface area contributed by atoms with E-state index >= 15 is 0 Å². The number of phenolic OH excluding ortho intramolecular Hbond substituents is 1. The summed E-state index contributed by atoms with van der Waals surface area (Å²) < 4.78 is 0. The van der Waals surface area contributed by atoms with Crippen LogP contribution in [0.5, 0.6) is 5.75 Å². The van der Waals surface area contributed by atoms with Crippen LogP contribution in [0.25, 0.3) is 0 Å². The number of amides is 1. The van der Waals surface area contributed by atoms with Crippen molar-refractivity contribution in [3.63, 3.8) is 0 Å². The number of hydrogen-bond donors (Lipinski definition) is 3. The number of carbonyl (C=O) groups excluding carboxylic acids is 1. The Morgan fingerprint density at radius 3 is 2.65 bits per heavy atom. The molecule has 0 bridgehead atoms. The maximum atomic E-state index is 11.6. The van der Waals surface area contributed by atoms with E-state index in [0.717, 1.165) is 5.56 Å². The van der Waals surface area contributed by atoms with Crippen LogP contribution in [0.2, 0.25) is 0 Å². The van der Waals surface area contributed by atoms with Crippen LogP contribution in [0, 0.1) is 6.92 Å². The molecule has 0 saturated carbocycles. The van der Waals surface area contributed by atoms with Crippen molar-refractivity contribution in [1.29, 1.82) is 0 Å². The molecule has 0 aliphatic rings. The number of aryl methyl sites for hydroxylation is 1. The van der Waals surface area contributed by atoms with Crippen LogP contribution in [0.4, 0.5) is 5.69 Å². The molecular weight excluding hydrogens is 216 g/mol. The fraction of sp³-hybridized carbons (Fsp3) is 0.462. The maximum absolute atomic E-state index is 11.6. The van der Waals surface area contributed by atoms with Gasteiger partial charge in [-0.05, 0) is 51.0 Å². The minimum Gasteiger partial charge on any atom is -0.508 e. The summed E-state index contributed by atoms with van der Waals surface area (Å²) in [4.78, 5) is 11.6. The number of anilines is 1. The molecule has 0 fully saturated rings. The Kier molecular flexibility index (Phi) is 4.12. The van der Waals surface area contributed by atoms with Gasteiger partial charge in [-0.15, -0.1) is 0 Å². The zero-order chi connectivity index (χ0) is 13.1. The predicted octanol–water partition coefficient (Wildman–Crippen LogP) is 2.16. The minimum atomic E-state index is -0.331. The van der Waals surface area contributed by atoms with E-state index in [4.69, 9.17) is 5.73 Å². The molecule has 1 amide bonds. The van der Waals surface area contributed by atoms with Gasteiger partial charge in [0.2, 0.25) is 5.91 Å². The smallest absolute Gasteiger partial charge is 0.224 e. The molecule has 0 atom stereocenters. The number of nitrogens with two attached hydrogens (primary N) is 1. The zero-order valence-electron chi connectivity index (χ0n) is 10.6. The Labute approximate surface area is 102 Å². The normalized spacial score (nSPS) is 11.3. The van der Waals surface area contributed by atoms with Crippen LogP contribution < -0.4 is 11.1 Å². The summed E-state index contributed by atoms with van der Waals surface area (Å²) in [5.41, 5.74) is 6.91. The van der Waals surface area contributed by atoms with E-state index in [0.29, 0.717) is 18.5 Å². The lowest BCUT2D eigenvalue weighted by Crippen LogP contribution is -2.33. The van der Waals surface area contributed by atoms with Crippen LogP contribution in [-0.4, -0.2) is 16.6 Å². The number of aromatic hydroxyl groups is 1. The molecule has 0 spiro atoms. The van der Waals surface area contributed by atoms with Gasteiger partial charge < -0.3 is 16.2 Å². The maximum Gasteiger partial charge on any atom is 0.224 e. The van der Waals surface area contributed by atoms with Gasteiger partial charge in [-0.2, -0.15) is 0 Å². The van der Waals surface area contributed by atoms with Gasteiger partial charge in [-0.3, -0.25) is 4.79 Å². The lowest BCUT2D eigenvalue weighted by Gasteiger charge is -2.17. The molecule has 4 N–H and O–H groups in total. The topological polar surface area (TPSA) is 75.4 Å². The van der Waals surface area contributed by atoms with Crippen LogP contribution >= 0.6 is 0 Å². The Morgan fingerprint density at radius 2 is 2.12 bits per heavy atom. The zero-order valence-corrected chi connectivity index (χ0v) is 10.6. The Hall–Kier alpha value is -1.55. The molecule has 4 heteroatoms. The highest BCUT2D eigenvalue weighted by molar-refractivity contribution is 5.90. The van der Waals surface area contributed by atoms with Gasteiger partial charge in [0.25, 0.3) is 0 Å². The second-order valence-corrected chi connectivity index (χ2v) is 5.04. The van der Waals surface area contributed by atoms with Crippen molar-refractivity contribution in [3.8, 4) is 5.75 Å². The highest BCUT2D eigenvalue weighted by Gasteiger charge is 2.13. The van der Waals surface area contributed by atoms with Crippen molar-refractivity contribution in [1.82, 2.24) is 0 Å². The Morgan fingerprint density at radius 1 is 1.47 bits per heavy atom. The number of carbonyl (C=O) groups is 1. The van der Waals surface area contributed by atoms with E-state index < -0.39 is 0 Å². The summed E-state index contributed by atoms with van der Waals surface area (Å²) in [6.07, 6.45) is 1.03. The molecule has 4 nitrogen and oxygen atoms in total. The van der Waals surface area contributed by atoms with Crippen LogP contribution in [0.15, 0.2) is 18.2 Å². The second kappa shape index (κ2) is 5.19. The van der Waals surface area contributed by atoms with Gasteiger partial charge in [0.05, 0.1) is 0 Å². The molecule has 0 radical (unpaired) electrons. The molecule has 94 valence electrons. The first kappa shape index (κ1) is 13.5. The Bertz CT molecular complexity index is 408. The fourth-order valence-electron chi connectivity index (χ4n) is 1.39. The molecule has 1 aromatic carbocycles. The van der Waals surface area contributed by atoms with Gasteiger partial charge in [0, 0.05) is 17.6 Å². The van der Waals surface area contributed by atoms with Crippen molar-refractivity contribution < 1.29 is 9.90 Å². The van der Waals surface area contributed by atoms with Gasteiger partial charge in [0.1, 0.15) is 5.75 Å². The molecule has 1 aromatic rings. The lowest BCUT2D eigenvalue weighted by molar-refractivity contribution is -0.116. The van der Waals surface area contributed by atoms with Crippen LogP contribution in [0.3, 0.4) is 0 Å². The first-order valence-corrected chi connectivity index (χ1v) is 5.66. The quantitative estimate of drug-likeness (QED) is 0.701. The fourth-order valence-corrected chi connectivity index (χ4v) is 1.39. The molecule has 1 rings (SSSR count). The van der Waals surface area contributed by atoms with Crippen molar-refractivity contribution in [2.45, 2.75) is 39.2 Å². The summed E-state index contributed by atoms with van der Waals surface area (Å²) in [5, 5.41) is 12.1. The number of phenols is 1. The van der Waals surface area contributed by atoms with Crippen molar-refractivity contribution >= 4 is 11.6 Å². The lowest BCUT2D eigenvalue weighted by atomic mass is 10.00. The third kappa shape index (κ3) is 4.87. The van der Waals surface area contributed by atoms with Gasteiger partial charge in [-0.25, -0.2) is 0 Å². The number of benzene rings is 1. The summed E-state index contributed by atoms with van der Waals surface area (Å²) in [5.74, 6) is 0.166. The number of hydrogen-bond acceptors (Lipinski definition) is 3. The molecule has 0 saturated heterocycles. The van der Waals surface area contributed by atoms with Gasteiger partial charge >= 0.3 is 0 Å². The van der Waals surface area contributed by atoms with Crippen molar-refractivity contribution in [3.05, 3.63) is 23.8 Å². The molecule has 17 heavy (non-hydrogen) atoms. The average Bonchev–Trinajstić information content (AvgIpc) is 2.20. The summed E-state index contributed by atoms with van der Waals surface area (Å²) in [7, 11) is 0. The molecule has 0 heterocycles. The predicted molar refractivity (Wildman–Crippen MR) is 69.0 cm³/mol. The standard InChI is InChI=1S/C13H20N2O2/c1-9-8-10(4-5-11(9)16)15-12(17)6-7-13(2,3)14/h4-5,8,16H,6-7,14H2,1-3H3,(H,15,17). The van der Waals surface area contributed by atoms with Crippen LogP contribution in [-0.2, 0) is 4.79 Å². The highest BCUT2D eigenvalue weighted by Crippen LogP contribution is 2.20. The summed E-state index contributed by atoms with van der Waals surface area (Å²) in [6, 6.07) is 4.98. The first-order chi connectivity index (χ1) is 7.78. The highest BCUT2D eigenvalue weighted by atomic mass is 16.3. The third-order valence-electron chi connectivity index (χ3n) is 2.48. The number of rotatable bonds is 4. The summed E-state index contributed by atoms with van der Waals surface area (Å²) in [6.45, 7) is 5.57. The third-order valence-corrected chi connectivity index (χ3v) is 2.48. The monoisotopic (exact) mass is 236 g/mol. The average molecular weight is 236 g/mol. The van der Waals surface area contributed by atoms with Crippen LogP contribution in [0.1, 0.15) is 32.3 Å².